The van der Waals surface area contributed by atoms with E-state index in [1.165, 1.54) is 32.4 Å². The minimum absolute atomic E-state index is 0.00663. The Hall–Kier alpha value is -5.75. The third-order valence-corrected chi connectivity index (χ3v) is 11.9. The first kappa shape index (κ1) is 36.2. The molecule has 13 heteroatoms. The summed E-state index contributed by atoms with van der Waals surface area (Å²) in [5.41, 5.74) is -0.307. The summed E-state index contributed by atoms with van der Waals surface area (Å²) in [7, 11) is 2.68. The van der Waals surface area contributed by atoms with E-state index in [0.717, 1.165) is 16.1 Å². The first-order valence-corrected chi connectivity index (χ1v) is 18.0. The van der Waals surface area contributed by atoms with Crippen LogP contribution >= 0.6 is 11.6 Å². The van der Waals surface area contributed by atoms with Gasteiger partial charge in [-0.3, -0.25) is 24.2 Å². The molecule has 4 aliphatic rings. The number of pyridine rings is 1. The fourth-order valence-corrected chi connectivity index (χ4v) is 9.57. The zero-order valence-corrected chi connectivity index (χ0v) is 30.2. The Morgan fingerprint density at radius 3 is 2.29 bits per heavy atom. The number of methoxy groups -OCH3 is 1. The number of aromatic nitrogens is 1. The van der Waals surface area contributed by atoms with Gasteiger partial charge in [0, 0.05) is 36.1 Å². The molecule has 6 unspecified atom stereocenters. The second-order valence-corrected chi connectivity index (χ2v) is 14.6. The highest BCUT2D eigenvalue weighted by Gasteiger charge is 2.66. The molecule has 2 fully saturated rings. The molecule has 3 aromatic carbocycles. The van der Waals surface area contributed by atoms with Crippen LogP contribution < -0.4 is 9.75 Å². The molecule has 2 amide bonds. The Bertz CT molecular complexity index is 2330. The van der Waals surface area contributed by atoms with Crippen LogP contribution in [0.25, 0.3) is 5.57 Å². The van der Waals surface area contributed by atoms with Crippen LogP contribution in [0.1, 0.15) is 41.1 Å². The zero-order valence-electron chi connectivity index (χ0n) is 29.5. The number of benzene rings is 3. The van der Waals surface area contributed by atoms with E-state index in [2.05, 4.69) is 4.98 Å². The maximum absolute atomic E-state index is 15.2. The summed E-state index contributed by atoms with van der Waals surface area (Å²) in [5, 5.41) is 12.0. The van der Waals surface area contributed by atoms with Crippen molar-refractivity contribution in [3.05, 3.63) is 136 Å². The number of alkyl halides is 3. The topological polar surface area (TPSA) is 117 Å². The number of Topliss-reactive ketones (excluding diaryl/α,β-unsaturated/α-hetero) is 1. The van der Waals surface area contributed by atoms with Gasteiger partial charge >= 0.3 is 6.18 Å². The van der Waals surface area contributed by atoms with Gasteiger partial charge in [-0.25, -0.2) is 4.98 Å². The number of hydrogen-bond acceptors (Lipinski definition) is 8. The standard InChI is InChI=1S/C42H33ClF3N3O6/c1-48(38-31(43)17-18-33(47-38)42(44,45)46)49-39(53)27-16-15-25-29(35(27)40(49)54)20-30-37(52)28(22-9-5-3-6-10-22)21-34(51)41(30,23-11-7-4-8-12-23)36(25)26-14-13-24(50)19-32(26)55-2/h3-15,17-19,21,27,29-30,35-36,50H,16,20H2,1-2H3. The smallest absolute Gasteiger partial charge is 0.433 e. The molecule has 4 aromatic rings. The highest BCUT2D eigenvalue weighted by Crippen LogP contribution is 2.64. The molecular formula is C42H33ClF3N3O6. The Balaban J connectivity index is 1.32. The van der Waals surface area contributed by atoms with Crippen molar-refractivity contribution in [2.24, 2.45) is 23.7 Å². The van der Waals surface area contributed by atoms with Crippen LogP contribution in [0.15, 0.2) is 109 Å². The normalized spacial score (nSPS) is 26.1. The Morgan fingerprint density at radius 2 is 1.62 bits per heavy atom. The molecule has 280 valence electrons. The number of aromatic hydroxyl groups is 1. The van der Waals surface area contributed by atoms with Gasteiger partial charge in [0.1, 0.15) is 17.2 Å². The first-order valence-electron chi connectivity index (χ1n) is 17.6. The highest BCUT2D eigenvalue weighted by atomic mass is 35.5. The van der Waals surface area contributed by atoms with Gasteiger partial charge in [0.2, 0.25) is 0 Å². The lowest BCUT2D eigenvalue weighted by Gasteiger charge is -2.55. The summed E-state index contributed by atoms with van der Waals surface area (Å²) in [6.07, 6.45) is -1.50. The average Bonchev–Trinajstić information content (AvgIpc) is 3.44. The van der Waals surface area contributed by atoms with E-state index in [-0.39, 0.29) is 46.5 Å². The molecule has 8 rings (SSSR count). The van der Waals surface area contributed by atoms with E-state index in [4.69, 9.17) is 16.3 Å². The Kier molecular flexibility index (Phi) is 8.71. The molecule has 6 atom stereocenters. The number of amides is 2. The average molecular weight is 768 g/mol. The van der Waals surface area contributed by atoms with Crippen molar-refractivity contribution in [2.75, 3.05) is 19.2 Å². The highest BCUT2D eigenvalue weighted by molar-refractivity contribution is 6.33. The number of rotatable bonds is 6. The second kappa shape index (κ2) is 13.2. The van der Waals surface area contributed by atoms with Gasteiger partial charge in [-0.1, -0.05) is 90.0 Å². The Morgan fingerprint density at radius 1 is 0.927 bits per heavy atom. The SMILES string of the molecule is COc1cc(O)ccc1C1C2=CCC3C(=O)N(N(C)c4nc(C(F)(F)F)ccc4Cl)C(=O)C3C2CC2C(=O)C(c3ccccc3)=CC(=O)C21c1ccccc1. The van der Waals surface area contributed by atoms with Gasteiger partial charge in [0.15, 0.2) is 17.4 Å². The minimum Gasteiger partial charge on any atom is -0.508 e. The fraction of sp³-hybridized carbons (Fsp3) is 0.262. The van der Waals surface area contributed by atoms with Crippen molar-refractivity contribution >= 4 is 46.4 Å². The van der Waals surface area contributed by atoms with Crippen LogP contribution in [0.5, 0.6) is 11.5 Å². The number of allylic oxidation sites excluding steroid dienone is 4. The van der Waals surface area contributed by atoms with Crippen LogP contribution in [0.3, 0.4) is 0 Å². The first-order chi connectivity index (χ1) is 26.3. The van der Waals surface area contributed by atoms with Crippen LogP contribution in [0, 0.1) is 23.7 Å². The molecule has 2 heterocycles. The van der Waals surface area contributed by atoms with Crippen molar-refractivity contribution < 1.29 is 42.2 Å². The zero-order chi connectivity index (χ0) is 39.0. The van der Waals surface area contributed by atoms with E-state index in [0.29, 0.717) is 28.3 Å². The number of phenolic OH excluding ortho intramolecular Hbond substituents is 1. The van der Waals surface area contributed by atoms with E-state index in [1.807, 2.05) is 6.08 Å². The molecule has 0 radical (unpaired) electrons. The summed E-state index contributed by atoms with van der Waals surface area (Å²) in [6, 6.07) is 24.1. The number of hydrogen-bond donors (Lipinski definition) is 1. The van der Waals surface area contributed by atoms with Crippen molar-refractivity contribution in [3.8, 4) is 11.5 Å². The number of fused-ring (bicyclic) bond motifs is 4. The molecule has 1 N–H and O–H groups in total. The van der Waals surface area contributed by atoms with Crippen molar-refractivity contribution in [1.29, 1.82) is 0 Å². The summed E-state index contributed by atoms with van der Waals surface area (Å²) >= 11 is 6.31. The number of ether oxygens (including phenoxy) is 1. The third-order valence-electron chi connectivity index (χ3n) is 11.6. The molecule has 1 aliphatic heterocycles. The second-order valence-electron chi connectivity index (χ2n) is 14.2. The fourth-order valence-electron chi connectivity index (χ4n) is 9.35. The predicted molar refractivity (Wildman–Crippen MR) is 196 cm³/mol. The van der Waals surface area contributed by atoms with Crippen molar-refractivity contribution in [2.45, 2.75) is 30.4 Å². The molecule has 55 heavy (non-hydrogen) atoms. The number of anilines is 1. The number of ketones is 2. The largest absolute Gasteiger partial charge is 0.508 e. The van der Waals surface area contributed by atoms with Crippen LogP contribution in [0.4, 0.5) is 19.0 Å². The summed E-state index contributed by atoms with van der Waals surface area (Å²) < 4.78 is 46.9. The third kappa shape index (κ3) is 5.48. The lowest BCUT2D eigenvalue weighted by Crippen LogP contribution is -2.59. The molecule has 0 bridgehead atoms. The molecule has 1 saturated carbocycles. The summed E-state index contributed by atoms with van der Waals surface area (Å²) in [5.74, 6) is -6.97. The number of carbonyl (C=O) groups excluding carboxylic acids is 4. The van der Waals surface area contributed by atoms with Gasteiger partial charge in [-0.05, 0) is 54.2 Å². The number of imide groups is 1. The monoisotopic (exact) mass is 767 g/mol. The molecule has 0 spiro atoms. The molecule has 3 aliphatic carbocycles. The van der Waals surface area contributed by atoms with Crippen molar-refractivity contribution in [1.82, 2.24) is 9.99 Å². The predicted octanol–water partition coefficient (Wildman–Crippen LogP) is 7.34. The molecular weight excluding hydrogens is 735 g/mol. The van der Waals surface area contributed by atoms with Gasteiger partial charge in [0.25, 0.3) is 11.8 Å². The van der Waals surface area contributed by atoms with Crippen molar-refractivity contribution in [3.63, 3.8) is 0 Å². The summed E-state index contributed by atoms with van der Waals surface area (Å²) in [6.45, 7) is 0. The van der Waals surface area contributed by atoms with Crippen LogP contribution in [-0.2, 0) is 30.8 Å². The van der Waals surface area contributed by atoms with Gasteiger partial charge in [0.05, 0.1) is 29.4 Å². The molecule has 1 saturated heterocycles. The number of nitrogens with zero attached hydrogens (tertiary/aromatic N) is 3. The molecule has 9 nitrogen and oxygen atoms in total. The molecule has 1 aromatic heterocycles. The van der Waals surface area contributed by atoms with Crippen LogP contribution in [-0.4, -0.2) is 52.6 Å². The maximum atomic E-state index is 15.2. The number of halogens is 4. The van der Waals surface area contributed by atoms with Crippen LogP contribution in [0.2, 0.25) is 5.02 Å². The lowest BCUT2D eigenvalue weighted by atomic mass is 9.44. The summed E-state index contributed by atoms with van der Waals surface area (Å²) in [4.78, 5) is 62.9. The van der Waals surface area contributed by atoms with Gasteiger partial charge in [-0.2, -0.15) is 18.2 Å². The van der Waals surface area contributed by atoms with E-state index >= 15 is 9.59 Å². The van der Waals surface area contributed by atoms with Gasteiger partial charge in [-0.15, -0.1) is 0 Å². The number of phenols is 1. The van der Waals surface area contributed by atoms with E-state index in [1.54, 1.807) is 66.7 Å². The van der Waals surface area contributed by atoms with E-state index < -0.39 is 64.5 Å². The number of hydrazine groups is 1. The minimum atomic E-state index is -4.82. The number of carbonyl (C=O) groups is 4. The Labute approximate surface area is 318 Å². The lowest BCUT2D eigenvalue weighted by molar-refractivity contribution is -0.141. The maximum Gasteiger partial charge on any atom is 0.433 e. The van der Waals surface area contributed by atoms with E-state index in [9.17, 15) is 27.9 Å². The van der Waals surface area contributed by atoms with Gasteiger partial charge < -0.3 is 9.84 Å². The quantitative estimate of drug-likeness (QED) is 0.160.